The maximum absolute atomic E-state index is 12.8. The van der Waals surface area contributed by atoms with Crippen molar-refractivity contribution in [2.24, 2.45) is 0 Å². The summed E-state index contributed by atoms with van der Waals surface area (Å²) in [5, 5.41) is 6.55. The molecular weight excluding hydrogens is 461 g/mol. The van der Waals surface area contributed by atoms with E-state index in [1.807, 2.05) is 0 Å². The van der Waals surface area contributed by atoms with Crippen LogP contribution < -0.4 is 0 Å². The number of rotatable bonds is 8. The summed E-state index contributed by atoms with van der Waals surface area (Å²) < 4.78 is 39.4. The van der Waals surface area contributed by atoms with E-state index in [-0.39, 0.29) is 23.3 Å². The van der Waals surface area contributed by atoms with Crippen LogP contribution in [0.25, 0.3) is 0 Å². The molecule has 0 spiro atoms. The third-order valence-electron chi connectivity index (χ3n) is 5.45. The predicted molar refractivity (Wildman–Crippen MR) is 119 cm³/mol. The molecule has 176 valence electrons. The standard InChI is InChI=1S/C21H27F3N4O2S2/c1-14-11-17(21(22,23)24)26-28(14)12-19(29)27(2)10-6-9-18-25-16(13-31-18)20(30)32-15-7-4-3-5-8-15/h11,13,15H,3-10,12H2,1-2H3. The molecule has 1 aliphatic carbocycles. The molecule has 0 aromatic carbocycles. The van der Waals surface area contributed by atoms with Gasteiger partial charge in [0, 0.05) is 36.3 Å². The van der Waals surface area contributed by atoms with E-state index < -0.39 is 11.9 Å². The molecule has 2 aromatic heterocycles. The van der Waals surface area contributed by atoms with Gasteiger partial charge in [-0.3, -0.25) is 14.3 Å². The van der Waals surface area contributed by atoms with Gasteiger partial charge < -0.3 is 4.90 Å². The Balaban J connectivity index is 1.43. The first-order chi connectivity index (χ1) is 15.1. The lowest BCUT2D eigenvalue weighted by Gasteiger charge is -2.19. The largest absolute Gasteiger partial charge is 0.435 e. The number of thioether (sulfide) groups is 1. The van der Waals surface area contributed by atoms with Crippen LogP contribution in [-0.2, 0) is 23.9 Å². The van der Waals surface area contributed by atoms with Crippen LogP contribution in [0.3, 0.4) is 0 Å². The van der Waals surface area contributed by atoms with Gasteiger partial charge in [0.05, 0.1) is 5.01 Å². The molecule has 1 saturated carbocycles. The van der Waals surface area contributed by atoms with E-state index in [0.717, 1.165) is 28.6 Å². The van der Waals surface area contributed by atoms with Gasteiger partial charge in [-0.25, -0.2) is 4.98 Å². The first-order valence-electron chi connectivity index (χ1n) is 10.6. The highest BCUT2D eigenvalue weighted by molar-refractivity contribution is 8.14. The second-order valence-corrected chi connectivity index (χ2v) is 10.3. The molecule has 6 nitrogen and oxygen atoms in total. The summed E-state index contributed by atoms with van der Waals surface area (Å²) in [7, 11) is 1.61. The van der Waals surface area contributed by atoms with Gasteiger partial charge in [-0.2, -0.15) is 18.3 Å². The maximum Gasteiger partial charge on any atom is 0.435 e. The molecule has 1 aliphatic rings. The lowest BCUT2D eigenvalue weighted by atomic mass is 10.0. The highest BCUT2D eigenvalue weighted by Gasteiger charge is 2.34. The molecule has 1 amide bonds. The van der Waals surface area contributed by atoms with Crippen LogP contribution in [0.2, 0.25) is 0 Å². The summed E-state index contributed by atoms with van der Waals surface area (Å²) >= 11 is 2.84. The third-order valence-corrected chi connectivity index (χ3v) is 7.59. The van der Waals surface area contributed by atoms with Crippen molar-refractivity contribution >= 4 is 34.1 Å². The number of alkyl halides is 3. The maximum atomic E-state index is 12.8. The Morgan fingerprint density at radius 2 is 2.00 bits per heavy atom. The molecule has 0 radical (unpaired) electrons. The van der Waals surface area contributed by atoms with Crippen LogP contribution in [0.4, 0.5) is 13.2 Å². The van der Waals surface area contributed by atoms with Crippen LogP contribution in [0.1, 0.15) is 65.4 Å². The lowest BCUT2D eigenvalue weighted by molar-refractivity contribution is -0.142. The van der Waals surface area contributed by atoms with E-state index in [4.69, 9.17) is 0 Å². The molecule has 0 unspecified atom stereocenters. The van der Waals surface area contributed by atoms with E-state index in [1.165, 1.54) is 54.2 Å². The molecule has 0 aliphatic heterocycles. The number of carbonyl (C=O) groups excluding carboxylic acids is 2. The Labute approximate surface area is 193 Å². The monoisotopic (exact) mass is 488 g/mol. The SMILES string of the molecule is Cc1cc(C(F)(F)F)nn1CC(=O)N(C)CCCc1nc(C(=O)SC2CCCCC2)cs1. The summed E-state index contributed by atoms with van der Waals surface area (Å²) in [5.74, 6) is -0.316. The summed E-state index contributed by atoms with van der Waals surface area (Å²) in [6.45, 7) is 1.68. The van der Waals surface area contributed by atoms with Gasteiger partial charge in [-0.15, -0.1) is 11.3 Å². The number of aromatic nitrogens is 3. The quantitative estimate of drug-likeness (QED) is 0.525. The fraction of sp³-hybridized carbons (Fsp3) is 0.619. The number of amides is 1. The summed E-state index contributed by atoms with van der Waals surface area (Å²) in [6.07, 6.45) is 2.53. The zero-order valence-electron chi connectivity index (χ0n) is 18.2. The van der Waals surface area contributed by atoms with E-state index in [1.54, 1.807) is 12.4 Å². The average Bonchev–Trinajstić information content (AvgIpc) is 3.35. The smallest absolute Gasteiger partial charge is 0.344 e. The number of likely N-dealkylation sites (N-methyl/N-ethyl adjacent to an activating group) is 1. The van der Waals surface area contributed by atoms with Crippen molar-refractivity contribution < 1.29 is 22.8 Å². The lowest BCUT2D eigenvalue weighted by Crippen LogP contribution is -2.32. The van der Waals surface area contributed by atoms with Crippen molar-refractivity contribution in [1.29, 1.82) is 0 Å². The predicted octanol–water partition coefficient (Wildman–Crippen LogP) is 4.96. The number of thiazole rings is 1. The minimum absolute atomic E-state index is 0.0273. The number of nitrogens with zero attached hydrogens (tertiary/aromatic N) is 4. The van der Waals surface area contributed by atoms with Crippen LogP contribution >= 0.6 is 23.1 Å². The van der Waals surface area contributed by atoms with E-state index in [9.17, 15) is 22.8 Å². The Morgan fingerprint density at radius 1 is 1.28 bits per heavy atom. The van der Waals surface area contributed by atoms with Crippen LogP contribution in [0.15, 0.2) is 11.4 Å². The molecule has 2 heterocycles. The van der Waals surface area contributed by atoms with Gasteiger partial charge in [0.15, 0.2) is 5.69 Å². The summed E-state index contributed by atoms with van der Waals surface area (Å²) in [5.41, 5.74) is -0.217. The fourth-order valence-electron chi connectivity index (χ4n) is 3.56. The first-order valence-corrected chi connectivity index (χ1v) is 12.4. The number of halogens is 3. The number of hydrogen-bond acceptors (Lipinski definition) is 6. The average molecular weight is 489 g/mol. The van der Waals surface area contributed by atoms with Crippen molar-refractivity contribution in [3.8, 4) is 0 Å². The van der Waals surface area contributed by atoms with Crippen molar-refractivity contribution in [2.45, 2.75) is 69.8 Å². The first kappa shape index (κ1) is 24.8. The second kappa shape index (κ2) is 10.8. The van der Waals surface area contributed by atoms with Crippen LogP contribution in [0.5, 0.6) is 0 Å². The number of hydrogen-bond donors (Lipinski definition) is 0. The van der Waals surface area contributed by atoms with Gasteiger partial charge >= 0.3 is 6.18 Å². The minimum atomic E-state index is -4.53. The fourth-order valence-corrected chi connectivity index (χ4v) is 5.56. The highest BCUT2D eigenvalue weighted by atomic mass is 32.2. The normalized spacial score (nSPS) is 15.2. The van der Waals surface area contributed by atoms with Gasteiger partial charge in [0.25, 0.3) is 0 Å². The van der Waals surface area contributed by atoms with Crippen LogP contribution in [-0.4, -0.2) is 49.5 Å². The summed E-state index contributed by atoms with van der Waals surface area (Å²) in [6, 6.07) is 0.932. The molecule has 32 heavy (non-hydrogen) atoms. The summed E-state index contributed by atoms with van der Waals surface area (Å²) in [4.78, 5) is 30.7. The zero-order chi connectivity index (χ0) is 23.3. The van der Waals surface area contributed by atoms with Gasteiger partial charge in [0.2, 0.25) is 11.0 Å². The van der Waals surface area contributed by atoms with Gasteiger partial charge in [-0.05, 0) is 32.3 Å². The van der Waals surface area contributed by atoms with Crippen LogP contribution in [0, 0.1) is 6.92 Å². The van der Waals surface area contributed by atoms with E-state index in [0.29, 0.717) is 30.3 Å². The van der Waals surface area contributed by atoms with E-state index >= 15 is 0 Å². The molecule has 0 N–H and O–H groups in total. The molecule has 2 aromatic rings. The molecule has 1 fully saturated rings. The Bertz CT molecular complexity index is 936. The van der Waals surface area contributed by atoms with Crippen molar-refractivity contribution in [3.05, 3.63) is 33.5 Å². The van der Waals surface area contributed by atoms with Gasteiger partial charge in [0.1, 0.15) is 12.2 Å². The molecule has 0 atom stereocenters. The molecule has 11 heteroatoms. The molecule has 0 bridgehead atoms. The number of carbonyl (C=O) groups is 2. The van der Waals surface area contributed by atoms with Crippen molar-refractivity contribution in [3.63, 3.8) is 0 Å². The third kappa shape index (κ3) is 6.81. The molecule has 0 saturated heterocycles. The Hall–Kier alpha value is -1.88. The Kier molecular flexibility index (Phi) is 8.37. The Morgan fingerprint density at radius 3 is 2.66 bits per heavy atom. The van der Waals surface area contributed by atoms with Gasteiger partial charge in [-0.1, -0.05) is 31.0 Å². The topological polar surface area (TPSA) is 68.1 Å². The molecular formula is C21H27F3N4O2S2. The zero-order valence-corrected chi connectivity index (χ0v) is 19.8. The minimum Gasteiger partial charge on any atom is -0.344 e. The van der Waals surface area contributed by atoms with Crippen molar-refractivity contribution in [1.82, 2.24) is 19.7 Å². The van der Waals surface area contributed by atoms with E-state index in [2.05, 4.69) is 10.1 Å². The van der Waals surface area contributed by atoms with Crippen molar-refractivity contribution in [2.75, 3.05) is 13.6 Å². The molecule has 3 rings (SSSR count). The second-order valence-electron chi connectivity index (χ2n) is 8.04. The highest BCUT2D eigenvalue weighted by Crippen LogP contribution is 2.31. The number of aryl methyl sites for hydroxylation is 2.